The van der Waals surface area contributed by atoms with Gasteiger partial charge in [0, 0.05) is 0 Å². The summed E-state index contributed by atoms with van der Waals surface area (Å²) in [5.41, 5.74) is 12.6. The quantitative estimate of drug-likeness (QED) is 0.155. The molecule has 0 fully saturated rings. The van der Waals surface area contributed by atoms with Crippen molar-refractivity contribution in [3.8, 4) is 33.4 Å². The number of hydrogen-bond acceptors (Lipinski definition) is 0. The molecular weight excluding hydrogens is 673 g/mol. The maximum atomic E-state index is 3.56. The van der Waals surface area contributed by atoms with Crippen LogP contribution in [0.1, 0.15) is 23.6 Å². The molecular formula is C56H48. The van der Waals surface area contributed by atoms with Gasteiger partial charge in [0.1, 0.15) is 0 Å². The van der Waals surface area contributed by atoms with Crippen molar-refractivity contribution in [2.75, 3.05) is 0 Å². The van der Waals surface area contributed by atoms with Gasteiger partial charge in [-0.05, 0) is 122 Å². The molecule has 9 rings (SSSR count). The molecule has 0 radical (unpaired) electrons. The van der Waals surface area contributed by atoms with Gasteiger partial charge in [-0.1, -0.05) is 212 Å². The van der Waals surface area contributed by atoms with E-state index in [9.17, 15) is 0 Å². The first-order valence-corrected chi connectivity index (χ1v) is 19.3. The molecule has 0 heteroatoms. The van der Waals surface area contributed by atoms with Gasteiger partial charge in [0.2, 0.25) is 0 Å². The Hall–Kier alpha value is -6.76. The molecule has 0 aromatic heterocycles. The Balaban J connectivity index is 0.000000292. The van der Waals surface area contributed by atoms with Gasteiger partial charge in [0.15, 0.2) is 0 Å². The second kappa shape index (κ2) is 17.1. The maximum Gasteiger partial charge on any atom is -0.00987 e. The summed E-state index contributed by atoms with van der Waals surface area (Å²) in [5.74, 6) is 0. The standard InChI is InChI=1S/C42H30.C7H8.C7H10/c1-27-13-15-31-25-33(19-17-29(31)23-27)35-9-5-11-40-38(35)10-6-12-41(40)42-22-21-36(37-7-3-4-8-39(37)42)34-20-18-30-24-28(2)14-16-32(30)26-34;1-7-5-3-2-4-6-7;1-4-7(5-2)6-3/h3-26H,1-2H3;2-6H,1H3;4-6H,1-2H2,3H3. The summed E-state index contributed by atoms with van der Waals surface area (Å²) in [4.78, 5) is 0. The zero-order valence-electron chi connectivity index (χ0n) is 32.9. The minimum absolute atomic E-state index is 1.08. The normalized spacial score (nSPS) is 10.6. The van der Waals surface area contributed by atoms with Crippen LogP contribution in [0, 0.1) is 20.8 Å². The van der Waals surface area contributed by atoms with Crippen molar-refractivity contribution >= 4 is 43.1 Å². The molecule has 9 aromatic rings. The lowest BCUT2D eigenvalue weighted by molar-refractivity contribution is 1.48. The van der Waals surface area contributed by atoms with Crippen LogP contribution < -0.4 is 0 Å². The zero-order valence-corrected chi connectivity index (χ0v) is 32.9. The van der Waals surface area contributed by atoms with Crippen LogP contribution >= 0.6 is 0 Å². The van der Waals surface area contributed by atoms with E-state index >= 15 is 0 Å². The highest BCUT2D eigenvalue weighted by molar-refractivity contribution is 6.12. The molecule has 0 aliphatic carbocycles. The summed E-state index contributed by atoms with van der Waals surface area (Å²) >= 11 is 0. The topological polar surface area (TPSA) is 0 Å². The van der Waals surface area contributed by atoms with Crippen molar-refractivity contribution < 1.29 is 0 Å². The molecule has 0 unspecified atom stereocenters. The summed E-state index contributed by atoms with van der Waals surface area (Å²) in [6.07, 6.45) is 5.50. The first-order valence-electron chi connectivity index (χ1n) is 19.3. The minimum atomic E-state index is 1.08. The zero-order chi connectivity index (χ0) is 39.0. The fourth-order valence-electron chi connectivity index (χ4n) is 7.50. The lowest BCUT2D eigenvalue weighted by Gasteiger charge is -2.16. The lowest BCUT2D eigenvalue weighted by atomic mass is 9.88. The van der Waals surface area contributed by atoms with Crippen molar-refractivity contribution in [3.05, 3.63) is 230 Å². The van der Waals surface area contributed by atoms with E-state index in [1.807, 2.05) is 31.2 Å². The second-order valence-electron chi connectivity index (χ2n) is 14.4. The number of aryl methyl sites for hydroxylation is 3. The average molecular weight is 721 g/mol. The molecule has 0 N–H and O–H groups in total. The largest absolute Gasteiger partial charge is 0.0985 e. The fourth-order valence-corrected chi connectivity index (χ4v) is 7.50. The van der Waals surface area contributed by atoms with Gasteiger partial charge in [-0.25, -0.2) is 0 Å². The Morgan fingerprint density at radius 1 is 0.357 bits per heavy atom. The van der Waals surface area contributed by atoms with Crippen LogP contribution in [-0.2, 0) is 0 Å². The summed E-state index contributed by atoms with van der Waals surface area (Å²) in [7, 11) is 0. The van der Waals surface area contributed by atoms with Crippen LogP contribution in [0.2, 0.25) is 0 Å². The highest BCUT2D eigenvalue weighted by Gasteiger charge is 2.14. The van der Waals surface area contributed by atoms with Gasteiger partial charge in [-0.15, -0.1) is 0 Å². The van der Waals surface area contributed by atoms with Crippen LogP contribution in [-0.4, -0.2) is 0 Å². The van der Waals surface area contributed by atoms with Gasteiger partial charge in [0.25, 0.3) is 0 Å². The third kappa shape index (κ3) is 8.16. The molecule has 56 heavy (non-hydrogen) atoms. The Kier molecular flexibility index (Phi) is 11.5. The number of hydrogen-bond donors (Lipinski definition) is 0. The van der Waals surface area contributed by atoms with E-state index in [-0.39, 0.29) is 0 Å². The Morgan fingerprint density at radius 2 is 0.750 bits per heavy atom. The van der Waals surface area contributed by atoms with Crippen molar-refractivity contribution in [2.24, 2.45) is 0 Å². The number of allylic oxidation sites excluding steroid dienone is 4. The maximum absolute atomic E-state index is 3.56. The SMILES string of the molecule is C=CC(C=C)=CC.Cc1ccc2cc(-c3cccc4c(-c5ccc(-c6ccc7cc(C)ccc7c6)c6ccccc56)cccc34)ccc2c1.Cc1ccccc1. The molecule has 0 spiro atoms. The lowest BCUT2D eigenvalue weighted by Crippen LogP contribution is -1.89. The van der Waals surface area contributed by atoms with E-state index in [1.165, 1.54) is 93.2 Å². The predicted molar refractivity (Wildman–Crippen MR) is 248 cm³/mol. The van der Waals surface area contributed by atoms with Gasteiger partial charge >= 0.3 is 0 Å². The van der Waals surface area contributed by atoms with E-state index in [1.54, 1.807) is 12.2 Å². The van der Waals surface area contributed by atoms with Crippen LogP contribution in [0.3, 0.4) is 0 Å². The molecule has 0 aliphatic heterocycles. The van der Waals surface area contributed by atoms with Crippen molar-refractivity contribution in [1.29, 1.82) is 0 Å². The minimum Gasteiger partial charge on any atom is -0.0985 e. The summed E-state index contributed by atoms with van der Waals surface area (Å²) in [6.45, 7) is 15.5. The summed E-state index contributed by atoms with van der Waals surface area (Å²) < 4.78 is 0. The molecule has 0 amide bonds. The Labute approximate surface area is 332 Å². The molecule has 0 saturated heterocycles. The van der Waals surface area contributed by atoms with Crippen molar-refractivity contribution in [2.45, 2.75) is 27.7 Å². The van der Waals surface area contributed by atoms with Crippen LogP contribution in [0.25, 0.3) is 76.5 Å². The Bertz CT molecular complexity index is 2740. The molecule has 9 aromatic carbocycles. The number of rotatable bonds is 5. The molecule has 0 heterocycles. The van der Waals surface area contributed by atoms with Crippen LogP contribution in [0.5, 0.6) is 0 Å². The third-order valence-electron chi connectivity index (χ3n) is 10.5. The van der Waals surface area contributed by atoms with E-state index in [0.717, 1.165) is 5.57 Å². The van der Waals surface area contributed by atoms with Crippen molar-refractivity contribution in [1.82, 2.24) is 0 Å². The van der Waals surface area contributed by atoms with Gasteiger partial charge in [-0.2, -0.15) is 0 Å². The van der Waals surface area contributed by atoms with Gasteiger partial charge in [-0.3, -0.25) is 0 Å². The average Bonchev–Trinajstić information content (AvgIpc) is 3.24. The van der Waals surface area contributed by atoms with Gasteiger partial charge < -0.3 is 0 Å². The molecule has 272 valence electrons. The monoisotopic (exact) mass is 720 g/mol. The molecule has 0 atom stereocenters. The first kappa shape index (κ1) is 37.6. The van der Waals surface area contributed by atoms with E-state index in [0.29, 0.717) is 0 Å². The highest BCUT2D eigenvalue weighted by atomic mass is 14.2. The van der Waals surface area contributed by atoms with Gasteiger partial charge in [0.05, 0.1) is 0 Å². The molecule has 0 nitrogen and oxygen atoms in total. The summed E-state index contributed by atoms with van der Waals surface area (Å²) in [6, 6.07) is 64.2. The van der Waals surface area contributed by atoms with Crippen LogP contribution in [0.15, 0.2) is 213 Å². The fraction of sp³-hybridized carbons (Fsp3) is 0.0714. The second-order valence-corrected chi connectivity index (χ2v) is 14.4. The summed E-state index contributed by atoms with van der Waals surface area (Å²) in [5, 5.41) is 10.2. The molecule has 0 saturated carbocycles. The van der Waals surface area contributed by atoms with E-state index < -0.39 is 0 Å². The van der Waals surface area contributed by atoms with Crippen molar-refractivity contribution in [3.63, 3.8) is 0 Å². The molecule has 0 aliphatic rings. The van der Waals surface area contributed by atoms with Crippen LogP contribution in [0.4, 0.5) is 0 Å². The number of benzene rings is 9. The predicted octanol–water partition coefficient (Wildman–Crippen LogP) is 16.2. The highest BCUT2D eigenvalue weighted by Crippen LogP contribution is 2.41. The Morgan fingerprint density at radius 3 is 1.21 bits per heavy atom. The molecule has 0 bridgehead atoms. The number of fused-ring (bicyclic) bond motifs is 4. The third-order valence-corrected chi connectivity index (χ3v) is 10.5. The first-order chi connectivity index (χ1) is 27.4. The smallest absolute Gasteiger partial charge is 0.00987 e. The van der Waals surface area contributed by atoms with E-state index in [2.05, 4.69) is 192 Å². The van der Waals surface area contributed by atoms with E-state index in [4.69, 9.17) is 0 Å².